The van der Waals surface area contributed by atoms with E-state index in [9.17, 15) is 22.0 Å². The highest BCUT2D eigenvalue weighted by Gasteiger charge is 2.33. The smallest absolute Gasteiger partial charge is 0.282 e. The fraction of sp³-hybridized carbons (Fsp3) is 0.588. The van der Waals surface area contributed by atoms with Crippen LogP contribution in [-0.2, 0) is 10.2 Å². The molecule has 0 radical (unpaired) electrons. The molecule has 9 heteroatoms. The van der Waals surface area contributed by atoms with Gasteiger partial charge in [0, 0.05) is 50.9 Å². The quantitative estimate of drug-likeness (QED) is 0.795. The maximum Gasteiger partial charge on any atom is 0.282 e. The molecule has 2 aliphatic rings. The van der Waals surface area contributed by atoms with Crippen molar-refractivity contribution in [2.75, 3.05) is 39.3 Å². The zero-order valence-electron chi connectivity index (χ0n) is 14.5. The van der Waals surface area contributed by atoms with E-state index in [4.69, 9.17) is 0 Å². The summed E-state index contributed by atoms with van der Waals surface area (Å²) in [7, 11) is -3.53. The van der Waals surface area contributed by atoms with Gasteiger partial charge < -0.3 is 4.90 Å². The number of hydrogen-bond donors (Lipinski definition) is 0. The first-order valence-electron chi connectivity index (χ1n) is 8.88. The van der Waals surface area contributed by atoms with E-state index in [0.717, 1.165) is 37.8 Å². The number of nitrogens with zero attached hydrogens (tertiary/aromatic N) is 3. The van der Waals surface area contributed by atoms with Crippen LogP contribution in [0.5, 0.6) is 0 Å². The van der Waals surface area contributed by atoms with Crippen molar-refractivity contribution in [1.29, 1.82) is 0 Å². The second kappa shape index (κ2) is 7.98. The van der Waals surface area contributed by atoms with Crippen LogP contribution < -0.4 is 0 Å². The van der Waals surface area contributed by atoms with Crippen LogP contribution in [0.1, 0.15) is 36.0 Å². The normalized spacial score (nSPS) is 20.8. The lowest BCUT2D eigenvalue weighted by Gasteiger charge is -2.36. The molecule has 1 aromatic rings. The van der Waals surface area contributed by atoms with Gasteiger partial charge in [-0.2, -0.15) is 17.0 Å². The Morgan fingerprint density at radius 2 is 1.27 bits per heavy atom. The van der Waals surface area contributed by atoms with Crippen molar-refractivity contribution in [2.45, 2.75) is 25.7 Å². The number of amides is 1. The highest BCUT2D eigenvalue weighted by molar-refractivity contribution is 7.86. The van der Waals surface area contributed by atoms with Gasteiger partial charge in [0.2, 0.25) is 0 Å². The third kappa shape index (κ3) is 4.21. The summed E-state index contributed by atoms with van der Waals surface area (Å²) >= 11 is 0. The molecule has 0 aliphatic carbocycles. The SMILES string of the molecule is O=C(c1cc(F)cc(F)c1)N1CCN(S(=O)(=O)N2CCCCCC2)CC1. The summed E-state index contributed by atoms with van der Waals surface area (Å²) in [6.07, 6.45) is 3.81. The molecule has 0 spiro atoms. The van der Waals surface area contributed by atoms with Gasteiger partial charge in [-0.3, -0.25) is 4.79 Å². The minimum Gasteiger partial charge on any atom is -0.336 e. The van der Waals surface area contributed by atoms with Crippen LogP contribution in [0.25, 0.3) is 0 Å². The van der Waals surface area contributed by atoms with E-state index in [1.165, 1.54) is 13.5 Å². The molecule has 144 valence electrons. The molecule has 0 bridgehead atoms. The largest absolute Gasteiger partial charge is 0.336 e. The van der Waals surface area contributed by atoms with Crippen LogP contribution in [0.3, 0.4) is 0 Å². The Labute approximate surface area is 152 Å². The van der Waals surface area contributed by atoms with Gasteiger partial charge >= 0.3 is 0 Å². The Morgan fingerprint density at radius 3 is 1.81 bits per heavy atom. The van der Waals surface area contributed by atoms with Crippen LogP contribution in [0, 0.1) is 11.6 Å². The molecule has 2 fully saturated rings. The van der Waals surface area contributed by atoms with E-state index in [1.54, 1.807) is 0 Å². The molecule has 1 aromatic carbocycles. The molecule has 2 heterocycles. The van der Waals surface area contributed by atoms with Gasteiger partial charge in [-0.1, -0.05) is 12.8 Å². The van der Waals surface area contributed by atoms with Crippen molar-refractivity contribution < 1.29 is 22.0 Å². The van der Waals surface area contributed by atoms with E-state index < -0.39 is 27.8 Å². The number of carbonyl (C=O) groups is 1. The predicted molar refractivity (Wildman–Crippen MR) is 92.8 cm³/mol. The molecule has 0 N–H and O–H groups in total. The van der Waals surface area contributed by atoms with E-state index in [-0.39, 0.29) is 31.7 Å². The first kappa shape index (κ1) is 19.2. The molecule has 2 aliphatic heterocycles. The third-order valence-electron chi connectivity index (χ3n) is 4.85. The van der Waals surface area contributed by atoms with Crippen molar-refractivity contribution in [1.82, 2.24) is 13.5 Å². The van der Waals surface area contributed by atoms with E-state index in [2.05, 4.69) is 0 Å². The lowest BCUT2D eigenvalue weighted by molar-refractivity contribution is 0.0693. The lowest BCUT2D eigenvalue weighted by atomic mass is 10.1. The summed E-state index contributed by atoms with van der Waals surface area (Å²) in [4.78, 5) is 13.9. The molecule has 0 unspecified atom stereocenters. The maximum absolute atomic E-state index is 13.3. The Bertz CT molecular complexity index is 736. The van der Waals surface area contributed by atoms with E-state index >= 15 is 0 Å². The molecule has 2 saturated heterocycles. The molecule has 1 amide bonds. The van der Waals surface area contributed by atoms with Crippen molar-refractivity contribution in [3.05, 3.63) is 35.4 Å². The molecular formula is C17H23F2N3O3S. The summed E-state index contributed by atoms with van der Waals surface area (Å²) < 4.78 is 55.1. The number of piperazine rings is 1. The van der Waals surface area contributed by atoms with Crippen LogP contribution in [-0.4, -0.2) is 67.1 Å². The van der Waals surface area contributed by atoms with Gasteiger partial charge in [0.05, 0.1) is 0 Å². The standard InChI is InChI=1S/C17H23F2N3O3S/c18-15-11-14(12-16(19)13-15)17(23)20-7-9-22(10-8-20)26(24,25)21-5-3-1-2-4-6-21/h11-13H,1-10H2. The molecule has 0 saturated carbocycles. The predicted octanol–water partition coefficient (Wildman–Crippen LogP) is 1.84. The van der Waals surface area contributed by atoms with Gasteiger partial charge in [0.15, 0.2) is 0 Å². The fourth-order valence-electron chi connectivity index (χ4n) is 3.42. The molecular weight excluding hydrogens is 364 g/mol. The van der Waals surface area contributed by atoms with Gasteiger partial charge in [-0.05, 0) is 25.0 Å². The van der Waals surface area contributed by atoms with Gasteiger partial charge in [0.25, 0.3) is 16.1 Å². The van der Waals surface area contributed by atoms with E-state index in [0.29, 0.717) is 19.2 Å². The second-order valence-electron chi connectivity index (χ2n) is 6.67. The van der Waals surface area contributed by atoms with Gasteiger partial charge in [0.1, 0.15) is 11.6 Å². The summed E-state index contributed by atoms with van der Waals surface area (Å²) in [6.45, 7) is 1.83. The summed E-state index contributed by atoms with van der Waals surface area (Å²) in [5.74, 6) is -2.11. The highest BCUT2D eigenvalue weighted by Crippen LogP contribution is 2.19. The lowest BCUT2D eigenvalue weighted by Crippen LogP contribution is -2.54. The molecule has 6 nitrogen and oxygen atoms in total. The number of rotatable bonds is 3. The van der Waals surface area contributed by atoms with Gasteiger partial charge in [-0.25, -0.2) is 8.78 Å². The number of hydrogen-bond acceptors (Lipinski definition) is 3. The molecule has 3 rings (SSSR count). The number of carbonyl (C=O) groups excluding carboxylic acids is 1. The van der Waals surface area contributed by atoms with Gasteiger partial charge in [-0.15, -0.1) is 0 Å². The maximum atomic E-state index is 13.3. The Hall–Kier alpha value is -1.58. The third-order valence-corrected chi connectivity index (χ3v) is 6.89. The summed E-state index contributed by atoms with van der Waals surface area (Å²) in [5.41, 5.74) is -0.0636. The minimum absolute atomic E-state index is 0.0636. The first-order chi connectivity index (χ1) is 12.4. The minimum atomic E-state index is -3.53. The van der Waals surface area contributed by atoms with Crippen LogP contribution >= 0.6 is 0 Å². The van der Waals surface area contributed by atoms with Crippen molar-refractivity contribution in [2.24, 2.45) is 0 Å². The van der Waals surface area contributed by atoms with Crippen molar-refractivity contribution in [3.63, 3.8) is 0 Å². The average molecular weight is 387 g/mol. The van der Waals surface area contributed by atoms with Crippen molar-refractivity contribution in [3.8, 4) is 0 Å². The summed E-state index contributed by atoms with van der Waals surface area (Å²) in [6, 6.07) is 2.69. The zero-order chi connectivity index (χ0) is 18.7. The number of halogens is 2. The Morgan fingerprint density at radius 1 is 0.769 bits per heavy atom. The van der Waals surface area contributed by atoms with Crippen LogP contribution in [0.15, 0.2) is 18.2 Å². The van der Waals surface area contributed by atoms with E-state index in [1.807, 2.05) is 0 Å². The summed E-state index contributed by atoms with van der Waals surface area (Å²) in [5, 5.41) is 0. The Balaban J connectivity index is 1.64. The monoisotopic (exact) mass is 387 g/mol. The molecule has 0 aromatic heterocycles. The zero-order valence-corrected chi connectivity index (χ0v) is 15.4. The highest BCUT2D eigenvalue weighted by atomic mass is 32.2. The first-order valence-corrected chi connectivity index (χ1v) is 10.3. The number of benzene rings is 1. The Kier molecular flexibility index (Phi) is 5.89. The average Bonchev–Trinajstić information content (AvgIpc) is 2.90. The van der Waals surface area contributed by atoms with Crippen LogP contribution in [0.2, 0.25) is 0 Å². The van der Waals surface area contributed by atoms with Crippen molar-refractivity contribution >= 4 is 16.1 Å². The topological polar surface area (TPSA) is 60.9 Å². The van der Waals surface area contributed by atoms with Crippen LogP contribution in [0.4, 0.5) is 8.78 Å². The molecule has 0 atom stereocenters. The molecule has 26 heavy (non-hydrogen) atoms. The second-order valence-corrected chi connectivity index (χ2v) is 8.60. The fourth-order valence-corrected chi connectivity index (χ4v) is 5.09.